The van der Waals surface area contributed by atoms with Crippen LogP contribution in [0.4, 0.5) is 11.5 Å². The normalized spacial score (nSPS) is 17.1. The number of rotatable bonds is 6. The summed E-state index contributed by atoms with van der Waals surface area (Å²) in [5.41, 5.74) is 5.89. The molecule has 0 unspecified atom stereocenters. The maximum atomic E-state index is 12.9. The first-order valence-corrected chi connectivity index (χ1v) is 13.0. The molecule has 0 spiro atoms. The van der Waals surface area contributed by atoms with Crippen LogP contribution >= 0.6 is 0 Å². The van der Waals surface area contributed by atoms with Crippen LogP contribution in [0.2, 0.25) is 0 Å². The standard InChI is InChI=1S/C31H28N4O4/c1-18-7-9-21(10-8-18)22-11-13-23(14-12-22)34-27(36)16-20-15-25(31(37)38)35(17-20)30-29-28(32-19(2)33-30)24-5-3-4-6-26(24)39-29/h3-14,20,25H,15-17H2,1-2H3,(H,34,36)(H,37,38)/t20-,25+/m1/s1. The average molecular weight is 521 g/mol. The zero-order valence-electron chi connectivity index (χ0n) is 21.7. The van der Waals surface area contributed by atoms with Crippen molar-refractivity contribution in [3.63, 3.8) is 0 Å². The van der Waals surface area contributed by atoms with Crippen molar-refractivity contribution in [3.8, 4) is 11.1 Å². The van der Waals surface area contributed by atoms with Crippen LogP contribution in [0.5, 0.6) is 0 Å². The first kappa shape index (κ1) is 24.6. The van der Waals surface area contributed by atoms with Crippen molar-refractivity contribution in [2.45, 2.75) is 32.7 Å². The lowest BCUT2D eigenvalue weighted by molar-refractivity contribution is -0.138. The van der Waals surface area contributed by atoms with Crippen molar-refractivity contribution in [2.24, 2.45) is 5.92 Å². The van der Waals surface area contributed by atoms with Gasteiger partial charge in [-0.3, -0.25) is 4.79 Å². The van der Waals surface area contributed by atoms with Crippen LogP contribution in [-0.2, 0) is 9.59 Å². The Kier molecular flexibility index (Phi) is 6.23. The summed E-state index contributed by atoms with van der Waals surface area (Å²) in [6, 6.07) is 22.8. The number of furan rings is 1. The number of benzene rings is 3. The van der Waals surface area contributed by atoms with Gasteiger partial charge in [0.25, 0.3) is 0 Å². The van der Waals surface area contributed by atoms with Gasteiger partial charge in [-0.25, -0.2) is 14.8 Å². The van der Waals surface area contributed by atoms with Gasteiger partial charge < -0.3 is 19.7 Å². The molecule has 2 N–H and O–H groups in total. The van der Waals surface area contributed by atoms with Gasteiger partial charge >= 0.3 is 5.97 Å². The summed E-state index contributed by atoms with van der Waals surface area (Å²) in [6.07, 6.45) is 0.535. The molecule has 8 nitrogen and oxygen atoms in total. The molecule has 196 valence electrons. The monoisotopic (exact) mass is 520 g/mol. The fourth-order valence-corrected chi connectivity index (χ4v) is 5.39. The molecule has 0 saturated carbocycles. The second-order valence-electron chi connectivity index (χ2n) is 10.2. The van der Waals surface area contributed by atoms with E-state index in [1.165, 1.54) is 5.56 Å². The minimum atomic E-state index is -0.954. The molecule has 1 saturated heterocycles. The molecule has 1 amide bonds. The third-order valence-corrected chi connectivity index (χ3v) is 7.29. The zero-order chi connectivity index (χ0) is 27.1. The summed E-state index contributed by atoms with van der Waals surface area (Å²) in [5, 5.41) is 13.9. The Morgan fingerprint density at radius 3 is 2.38 bits per heavy atom. The molecule has 39 heavy (non-hydrogen) atoms. The van der Waals surface area contributed by atoms with Crippen LogP contribution in [0.15, 0.2) is 77.2 Å². The average Bonchev–Trinajstić information content (AvgIpc) is 3.51. The van der Waals surface area contributed by atoms with Crippen molar-refractivity contribution in [3.05, 3.63) is 84.2 Å². The van der Waals surface area contributed by atoms with Crippen molar-refractivity contribution < 1.29 is 19.1 Å². The lowest BCUT2D eigenvalue weighted by Crippen LogP contribution is -2.36. The number of nitrogens with zero attached hydrogens (tertiary/aromatic N) is 3. The van der Waals surface area contributed by atoms with Gasteiger partial charge in [-0.2, -0.15) is 0 Å². The van der Waals surface area contributed by atoms with Crippen molar-refractivity contribution in [1.82, 2.24) is 9.97 Å². The van der Waals surface area contributed by atoms with E-state index in [0.29, 0.717) is 47.0 Å². The number of aliphatic carboxylic acids is 1. The molecule has 3 heterocycles. The number of aryl methyl sites for hydroxylation is 2. The van der Waals surface area contributed by atoms with Gasteiger partial charge in [-0.15, -0.1) is 0 Å². The third kappa shape index (κ3) is 4.81. The quantitative estimate of drug-likeness (QED) is 0.284. The highest BCUT2D eigenvalue weighted by atomic mass is 16.4. The first-order chi connectivity index (χ1) is 18.9. The molecule has 0 radical (unpaired) electrons. The van der Waals surface area contributed by atoms with Crippen LogP contribution in [0.25, 0.3) is 33.2 Å². The number of carboxylic acids is 1. The highest BCUT2D eigenvalue weighted by Crippen LogP contribution is 2.37. The largest absolute Gasteiger partial charge is 0.480 e. The molecular weight excluding hydrogens is 492 g/mol. The summed E-state index contributed by atoms with van der Waals surface area (Å²) in [5.74, 6) is -0.279. The lowest BCUT2D eigenvalue weighted by Gasteiger charge is -2.22. The lowest BCUT2D eigenvalue weighted by atomic mass is 10.0. The number of hydrogen-bond acceptors (Lipinski definition) is 6. The summed E-state index contributed by atoms with van der Waals surface area (Å²) >= 11 is 0. The van der Waals surface area contributed by atoms with Gasteiger partial charge in [0, 0.05) is 24.0 Å². The van der Waals surface area contributed by atoms with E-state index in [2.05, 4.69) is 46.5 Å². The number of carbonyl (C=O) groups excluding carboxylic acids is 1. The number of hydrogen-bond donors (Lipinski definition) is 2. The zero-order valence-corrected chi connectivity index (χ0v) is 21.7. The smallest absolute Gasteiger partial charge is 0.326 e. The van der Waals surface area contributed by atoms with E-state index >= 15 is 0 Å². The number of anilines is 2. The van der Waals surface area contributed by atoms with Gasteiger partial charge in [0.1, 0.15) is 23.0 Å². The molecule has 3 aromatic carbocycles. The number of amides is 1. The number of fused-ring (bicyclic) bond motifs is 3. The number of aromatic nitrogens is 2. The van der Waals surface area contributed by atoms with E-state index in [1.807, 2.05) is 48.5 Å². The van der Waals surface area contributed by atoms with Gasteiger partial charge in [0.15, 0.2) is 11.4 Å². The second-order valence-corrected chi connectivity index (χ2v) is 10.2. The predicted octanol–water partition coefficient (Wildman–Crippen LogP) is 5.97. The number of nitrogens with one attached hydrogen (secondary N) is 1. The highest BCUT2D eigenvalue weighted by molar-refractivity contribution is 6.06. The number of carboxylic acid groups (broad SMARTS) is 1. The Bertz CT molecular complexity index is 1690. The topological polar surface area (TPSA) is 109 Å². The molecule has 1 aliphatic heterocycles. The molecule has 1 aliphatic rings. The Labute approximate surface area is 225 Å². The summed E-state index contributed by atoms with van der Waals surface area (Å²) in [6.45, 7) is 4.21. The highest BCUT2D eigenvalue weighted by Gasteiger charge is 2.40. The second kappa shape index (κ2) is 9.87. The predicted molar refractivity (Wildman–Crippen MR) is 151 cm³/mol. The maximum Gasteiger partial charge on any atom is 0.326 e. The van der Waals surface area contributed by atoms with Crippen LogP contribution < -0.4 is 10.2 Å². The van der Waals surface area contributed by atoms with Gasteiger partial charge in [0.2, 0.25) is 5.91 Å². The van der Waals surface area contributed by atoms with Crippen LogP contribution in [-0.4, -0.2) is 39.5 Å². The number of carbonyl (C=O) groups is 2. The molecule has 5 aromatic rings. The fraction of sp³-hybridized carbons (Fsp3) is 0.226. The van der Waals surface area contributed by atoms with Gasteiger partial charge in [-0.1, -0.05) is 54.1 Å². The van der Waals surface area contributed by atoms with E-state index in [4.69, 9.17) is 4.42 Å². The molecule has 8 heteroatoms. The fourth-order valence-electron chi connectivity index (χ4n) is 5.39. The van der Waals surface area contributed by atoms with E-state index in [9.17, 15) is 14.7 Å². The molecule has 6 rings (SSSR count). The first-order valence-electron chi connectivity index (χ1n) is 13.0. The summed E-state index contributed by atoms with van der Waals surface area (Å²) in [4.78, 5) is 36.1. The SMILES string of the molecule is Cc1ccc(-c2ccc(NC(=O)C[C@H]3C[C@@H](C(=O)O)N(c4nc(C)nc5c4oc4ccccc45)C3)cc2)cc1. The Balaban J connectivity index is 1.19. The Morgan fingerprint density at radius 2 is 1.67 bits per heavy atom. The maximum absolute atomic E-state index is 12.9. The van der Waals surface area contributed by atoms with Crippen molar-refractivity contribution >= 4 is 45.5 Å². The minimum Gasteiger partial charge on any atom is -0.480 e. The van der Waals surface area contributed by atoms with E-state index in [0.717, 1.165) is 16.5 Å². The summed E-state index contributed by atoms with van der Waals surface area (Å²) in [7, 11) is 0. The van der Waals surface area contributed by atoms with Gasteiger partial charge in [0.05, 0.1) is 0 Å². The molecule has 0 bridgehead atoms. The Hall–Kier alpha value is -4.72. The molecule has 0 aliphatic carbocycles. The minimum absolute atomic E-state index is 0.151. The number of para-hydroxylation sites is 1. The van der Waals surface area contributed by atoms with Crippen molar-refractivity contribution in [1.29, 1.82) is 0 Å². The van der Waals surface area contributed by atoms with E-state index in [-0.39, 0.29) is 18.2 Å². The Morgan fingerprint density at radius 1 is 0.974 bits per heavy atom. The van der Waals surface area contributed by atoms with Gasteiger partial charge in [-0.05, 0) is 61.6 Å². The van der Waals surface area contributed by atoms with Crippen LogP contribution in [0, 0.1) is 19.8 Å². The molecular formula is C31H28N4O4. The summed E-state index contributed by atoms with van der Waals surface area (Å²) < 4.78 is 6.08. The van der Waals surface area contributed by atoms with Crippen LogP contribution in [0.3, 0.4) is 0 Å². The third-order valence-electron chi connectivity index (χ3n) is 7.29. The molecule has 2 aromatic heterocycles. The van der Waals surface area contributed by atoms with E-state index < -0.39 is 12.0 Å². The van der Waals surface area contributed by atoms with E-state index in [1.54, 1.807) is 11.8 Å². The molecule has 1 fully saturated rings. The van der Waals surface area contributed by atoms with Crippen molar-refractivity contribution in [2.75, 3.05) is 16.8 Å². The molecule has 2 atom stereocenters. The van der Waals surface area contributed by atoms with Crippen LogP contribution in [0.1, 0.15) is 24.2 Å².